The van der Waals surface area contributed by atoms with Crippen LogP contribution < -0.4 is 27.7 Å². The minimum absolute atomic E-state index is 0.00980. The van der Waals surface area contributed by atoms with E-state index in [1.165, 1.54) is 4.57 Å². The Bertz CT molecular complexity index is 1270. The quantitative estimate of drug-likeness (QED) is 0.108. The van der Waals surface area contributed by atoms with Gasteiger partial charge in [0.25, 0.3) is 5.56 Å². The number of nitrogens with zero attached hydrogens (tertiary/aromatic N) is 3. The van der Waals surface area contributed by atoms with Crippen LogP contribution in [-0.2, 0) is 17.9 Å². The van der Waals surface area contributed by atoms with E-state index in [0.29, 0.717) is 22.5 Å². The summed E-state index contributed by atoms with van der Waals surface area (Å²) >= 11 is 6.46. The molecule has 3 aromatic rings. The summed E-state index contributed by atoms with van der Waals surface area (Å²) in [5, 5.41) is 17.5. The van der Waals surface area contributed by atoms with Gasteiger partial charge in [0.1, 0.15) is 6.54 Å². The van der Waals surface area contributed by atoms with Crippen LogP contribution in [0.4, 0.5) is 11.5 Å². The highest BCUT2D eigenvalue weighted by molar-refractivity contribution is 6.32. The molecule has 10 nitrogen and oxygen atoms in total. The van der Waals surface area contributed by atoms with Crippen LogP contribution >= 0.6 is 11.6 Å². The summed E-state index contributed by atoms with van der Waals surface area (Å²) in [6.45, 7) is 3.67. The molecule has 0 aliphatic rings. The Morgan fingerprint density at radius 2 is 1.94 bits per heavy atom. The summed E-state index contributed by atoms with van der Waals surface area (Å²) in [4.78, 5) is 30.2. The van der Waals surface area contributed by atoms with Gasteiger partial charge >= 0.3 is 0 Å². The molecule has 7 N–H and O–H groups in total. The molecule has 2 aromatic carbocycles. The number of oxime groups is 1. The Labute approximate surface area is 201 Å². The number of anilines is 2. The molecular formula is C23H26ClN7O3. The highest BCUT2D eigenvalue weighted by Gasteiger charge is 2.20. The summed E-state index contributed by atoms with van der Waals surface area (Å²) in [6, 6.07) is 13.6. The molecule has 0 aliphatic carbocycles. The highest BCUT2D eigenvalue weighted by atomic mass is 35.5. The Balaban J connectivity index is 1.88. The minimum Gasteiger partial charge on any atom is -0.409 e. The number of benzene rings is 2. The van der Waals surface area contributed by atoms with E-state index in [0.717, 1.165) is 5.56 Å². The molecule has 1 heterocycles. The van der Waals surface area contributed by atoms with Crippen molar-refractivity contribution in [3.63, 3.8) is 0 Å². The van der Waals surface area contributed by atoms with Gasteiger partial charge in [0.2, 0.25) is 5.91 Å². The van der Waals surface area contributed by atoms with Crippen molar-refractivity contribution in [2.45, 2.75) is 33.0 Å². The summed E-state index contributed by atoms with van der Waals surface area (Å²) in [7, 11) is 0. The second-order valence-corrected chi connectivity index (χ2v) is 8.23. The molecule has 0 radical (unpaired) electrons. The predicted molar refractivity (Wildman–Crippen MR) is 133 cm³/mol. The summed E-state index contributed by atoms with van der Waals surface area (Å²) in [6.07, 6.45) is 0. The fourth-order valence-corrected chi connectivity index (χ4v) is 3.57. The zero-order valence-electron chi connectivity index (χ0n) is 18.7. The SMILES string of the molecule is CC(C)Nc1nc(Cl)c(-c2cccc(N)c2)n(CC(=O)NCc2ccc(/C(N)=N\O)cc2)c1=O. The summed E-state index contributed by atoms with van der Waals surface area (Å²) in [5.41, 5.74) is 13.7. The first-order valence-electron chi connectivity index (χ1n) is 10.5. The lowest BCUT2D eigenvalue weighted by Gasteiger charge is -2.18. The van der Waals surface area contributed by atoms with Gasteiger partial charge in [-0.15, -0.1) is 0 Å². The largest absolute Gasteiger partial charge is 0.409 e. The maximum absolute atomic E-state index is 13.2. The highest BCUT2D eigenvalue weighted by Crippen LogP contribution is 2.27. The molecule has 0 unspecified atom stereocenters. The average molecular weight is 484 g/mol. The topological polar surface area (TPSA) is 161 Å². The van der Waals surface area contributed by atoms with Gasteiger partial charge in [0.05, 0.1) is 5.69 Å². The van der Waals surface area contributed by atoms with Gasteiger partial charge in [-0.05, 0) is 31.5 Å². The molecule has 0 spiro atoms. The first kappa shape index (κ1) is 24.6. The Hall–Kier alpha value is -4.05. The number of amidine groups is 1. The van der Waals surface area contributed by atoms with E-state index in [-0.39, 0.29) is 35.9 Å². The molecule has 0 atom stereocenters. The van der Waals surface area contributed by atoms with Gasteiger partial charge in [-0.3, -0.25) is 14.2 Å². The monoisotopic (exact) mass is 483 g/mol. The van der Waals surface area contributed by atoms with Crippen LogP contribution in [0.1, 0.15) is 25.0 Å². The van der Waals surface area contributed by atoms with Gasteiger partial charge < -0.3 is 27.3 Å². The van der Waals surface area contributed by atoms with E-state index >= 15 is 0 Å². The van der Waals surface area contributed by atoms with Gasteiger partial charge in [0.15, 0.2) is 16.8 Å². The molecule has 1 amide bonds. The molecule has 178 valence electrons. The van der Waals surface area contributed by atoms with Crippen molar-refractivity contribution in [2.24, 2.45) is 10.9 Å². The lowest BCUT2D eigenvalue weighted by atomic mass is 10.1. The zero-order valence-corrected chi connectivity index (χ0v) is 19.5. The van der Waals surface area contributed by atoms with Crippen LogP contribution in [0.25, 0.3) is 11.3 Å². The van der Waals surface area contributed by atoms with Crippen molar-refractivity contribution in [3.8, 4) is 11.3 Å². The van der Waals surface area contributed by atoms with Gasteiger partial charge in [0, 0.05) is 29.4 Å². The van der Waals surface area contributed by atoms with Crippen molar-refractivity contribution < 1.29 is 10.0 Å². The standard InChI is InChI=1S/C23H26ClN7O3/c1-13(2)28-22-23(33)31(19(20(24)29-22)16-4-3-5-17(25)10-16)12-18(32)27-11-14-6-8-15(9-7-14)21(26)30-34/h3-10,13,34H,11-12,25H2,1-2H3,(H2,26,30)(H,27,32)(H,28,29). The number of rotatable bonds is 8. The minimum atomic E-state index is -0.478. The number of nitrogens with two attached hydrogens (primary N) is 2. The lowest BCUT2D eigenvalue weighted by molar-refractivity contribution is -0.121. The molecule has 34 heavy (non-hydrogen) atoms. The van der Waals surface area contributed by atoms with Crippen molar-refractivity contribution in [2.75, 3.05) is 11.1 Å². The first-order valence-corrected chi connectivity index (χ1v) is 10.8. The summed E-state index contributed by atoms with van der Waals surface area (Å²) in [5.74, 6) is -0.353. The van der Waals surface area contributed by atoms with E-state index in [9.17, 15) is 9.59 Å². The van der Waals surface area contributed by atoms with Crippen molar-refractivity contribution in [3.05, 3.63) is 75.2 Å². The molecule has 3 rings (SSSR count). The van der Waals surface area contributed by atoms with Crippen LogP contribution in [0, 0.1) is 0 Å². The van der Waals surface area contributed by atoms with E-state index < -0.39 is 11.5 Å². The molecule has 0 saturated heterocycles. The number of nitrogen functional groups attached to an aromatic ring is 1. The van der Waals surface area contributed by atoms with Crippen LogP contribution in [0.2, 0.25) is 5.15 Å². The summed E-state index contributed by atoms with van der Waals surface area (Å²) < 4.78 is 1.28. The number of halogens is 1. The smallest absolute Gasteiger partial charge is 0.294 e. The molecule has 1 aromatic heterocycles. The maximum Gasteiger partial charge on any atom is 0.294 e. The van der Waals surface area contributed by atoms with Crippen LogP contribution in [0.3, 0.4) is 0 Å². The number of nitrogens with one attached hydrogen (secondary N) is 2. The lowest BCUT2D eigenvalue weighted by Crippen LogP contribution is -2.35. The molecule has 0 fully saturated rings. The van der Waals surface area contributed by atoms with Gasteiger partial charge in [-0.1, -0.05) is 53.2 Å². The van der Waals surface area contributed by atoms with Crippen LogP contribution in [0.15, 0.2) is 58.5 Å². The Kier molecular flexibility index (Phi) is 7.75. The van der Waals surface area contributed by atoms with Gasteiger partial charge in [-0.25, -0.2) is 4.98 Å². The molecule has 11 heteroatoms. The van der Waals surface area contributed by atoms with Gasteiger partial charge in [-0.2, -0.15) is 0 Å². The number of aromatic nitrogens is 2. The molecule has 0 aliphatic heterocycles. The maximum atomic E-state index is 13.2. The third-order valence-electron chi connectivity index (χ3n) is 4.86. The first-order chi connectivity index (χ1) is 16.2. The normalized spacial score (nSPS) is 11.5. The van der Waals surface area contributed by atoms with Crippen LogP contribution in [-0.4, -0.2) is 32.5 Å². The second kappa shape index (κ2) is 10.7. The Morgan fingerprint density at radius 3 is 2.56 bits per heavy atom. The number of hydrogen-bond donors (Lipinski definition) is 5. The number of amides is 1. The third-order valence-corrected chi connectivity index (χ3v) is 5.12. The fraction of sp³-hybridized carbons (Fsp3) is 0.217. The van der Waals surface area contributed by atoms with Crippen molar-refractivity contribution in [1.82, 2.24) is 14.9 Å². The number of carbonyl (C=O) groups excluding carboxylic acids is 1. The molecule has 0 bridgehead atoms. The molecule has 0 saturated carbocycles. The van der Waals surface area contributed by atoms with E-state index in [1.807, 2.05) is 13.8 Å². The van der Waals surface area contributed by atoms with E-state index in [2.05, 4.69) is 20.8 Å². The van der Waals surface area contributed by atoms with E-state index in [4.69, 9.17) is 28.3 Å². The molecular weight excluding hydrogens is 458 g/mol. The van der Waals surface area contributed by atoms with E-state index in [1.54, 1.807) is 48.5 Å². The van der Waals surface area contributed by atoms with Crippen molar-refractivity contribution in [1.29, 1.82) is 0 Å². The van der Waals surface area contributed by atoms with Crippen molar-refractivity contribution >= 4 is 34.8 Å². The fourth-order valence-electron chi connectivity index (χ4n) is 3.27. The predicted octanol–water partition coefficient (Wildman–Crippen LogP) is 2.38. The zero-order chi connectivity index (χ0) is 24.8. The average Bonchev–Trinajstić information content (AvgIpc) is 2.80. The number of hydrogen-bond acceptors (Lipinski definition) is 7. The third kappa shape index (κ3) is 5.84. The second-order valence-electron chi connectivity index (χ2n) is 7.87. The number of carbonyl (C=O) groups is 1. The Morgan fingerprint density at radius 1 is 1.24 bits per heavy atom. The van der Waals surface area contributed by atoms with Crippen LogP contribution in [0.5, 0.6) is 0 Å².